The molecule has 2 aromatic carbocycles. The lowest BCUT2D eigenvalue weighted by molar-refractivity contribution is 0.0732. The molecule has 0 saturated carbocycles. The van der Waals surface area contributed by atoms with Crippen LogP contribution in [0.1, 0.15) is 27.6 Å². The van der Waals surface area contributed by atoms with Crippen molar-refractivity contribution in [3.05, 3.63) is 59.7 Å². The summed E-state index contributed by atoms with van der Waals surface area (Å²) in [4.78, 5) is 23.7. The summed E-state index contributed by atoms with van der Waals surface area (Å²) < 4.78 is 10.4. The van der Waals surface area contributed by atoms with Gasteiger partial charge in [0, 0.05) is 0 Å². The van der Waals surface area contributed by atoms with E-state index in [9.17, 15) is 9.59 Å². The van der Waals surface area contributed by atoms with Crippen molar-refractivity contribution in [2.24, 2.45) is 0 Å². The molecule has 0 spiro atoms. The third-order valence-electron chi connectivity index (χ3n) is 2.77. The summed E-state index contributed by atoms with van der Waals surface area (Å²) in [6, 6.07) is 13.5. The van der Waals surface area contributed by atoms with Crippen molar-refractivity contribution < 1.29 is 19.1 Å². The van der Waals surface area contributed by atoms with Gasteiger partial charge in [-0.2, -0.15) is 0 Å². The minimum Gasteiger partial charge on any atom is -0.496 e. The Bertz CT molecular complexity index is 632. The van der Waals surface area contributed by atoms with Crippen molar-refractivity contribution in [1.29, 1.82) is 0 Å². The summed E-state index contributed by atoms with van der Waals surface area (Å²) in [5.41, 5.74) is 0.684. The predicted molar refractivity (Wildman–Crippen MR) is 74.4 cm³/mol. The highest BCUT2D eigenvalue weighted by Gasteiger charge is 2.18. The minimum absolute atomic E-state index is 0.200. The van der Waals surface area contributed by atoms with Crippen LogP contribution in [-0.4, -0.2) is 18.9 Å². The number of hydrogen-bond donors (Lipinski definition) is 0. The molecular weight excluding hydrogens is 256 g/mol. The van der Waals surface area contributed by atoms with Crippen molar-refractivity contribution in [2.45, 2.75) is 6.92 Å². The van der Waals surface area contributed by atoms with Crippen molar-refractivity contribution in [2.75, 3.05) is 7.11 Å². The molecule has 0 bridgehead atoms. The molecule has 20 heavy (non-hydrogen) atoms. The molecule has 4 heteroatoms. The Balaban J connectivity index is 2.34. The van der Waals surface area contributed by atoms with Gasteiger partial charge in [-0.1, -0.05) is 24.3 Å². The van der Waals surface area contributed by atoms with E-state index >= 15 is 0 Å². The maximum Gasteiger partial charge on any atom is 0.343 e. The zero-order valence-electron chi connectivity index (χ0n) is 11.3. The molecule has 102 valence electrons. The fourth-order valence-electron chi connectivity index (χ4n) is 1.85. The van der Waals surface area contributed by atoms with Crippen molar-refractivity contribution in [3.8, 4) is 11.5 Å². The van der Waals surface area contributed by atoms with E-state index in [0.717, 1.165) is 0 Å². The molecular formula is C16H14O4. The van der Waals surface area contributed by atoms with Crippen LogP contribution < -0.4 is 9.47 Å². The summed E-state index contributed by atoms with van der Waals surface area (Å²) in [7, 11) is 1.46. The van der Waals surface area contributed by atoms with Crippen LogP contribution in [0.3, 0.4) is 0 Å². The minimum atomic E-state index is -0.513. The van der Waals surface area contributed by atoms with Crippen LogP contribution in [0.5, 0.6) is 11.5 Å². The fraction of sp³-hybridized carbons (Fsp3) is 0.125. The highest BCUT2D eigenvalue weighted by Crippen LogP contribution is 2.29. The molecule has 4 nitrogen and oxygen atoms in total. The van der Waals surface area contributed by atoms with Gasteiger partial charge in [0.15, 0.2) is 5.78 Å². The summed E-state index contributed by atoms with van der Waals surface area (Å²) in [5, 5.41) is 0. The molecule has 2 aromatic rings. The maximum absolute atomic E-state index is 12.0. The first-order valence-corrected chi connectivity index (χ1v) is 6.08. The smallest absolute Gasteiger partial charge is 0.343 e. The maximum atomic E-state index is 12.0. The molecule has 0 radical (unpaired) electrons. The third-order valence-corrected chi connectivity index (χ3v) is 2.77. The Morgan fingerprint density at radius 2 is 1.55 bits per heavy atom. The Kier molecular flexibility index (Phi) is 4.15. The van der Waals surface area contributed by atoms with E-state index in [1.807, 2.05) is 6.07 Å². The highest BCUT2D eigenvalue weighted by molar-refractivity contribution is 6.01. The molecule has 0 fully saturated rings. The number of hydrogen-bond acceptors (Lipinski definition) is 4. The summed E-state index contributed by atoms with van der Waals surface area (Å²) >= 11 is 0. The number of Topliss-reactive ketones (excluding diaryl/α,β-unsaturated/α-hetero) is 1. The van der Waals surface area contributed by atoms with Crippen LogP contribution in [0.15, 0.2) is 48.5 Å². The monoisotopic (exact) mass is 270 g/mol. The van der Waals surface area contributed by atoms with Crippen molar-refractivity contribution in [3.63, 3.8) is 0 Å². The second kappa shape index (κ2) is 6.02. The van der Waals surface area contributed by atoms with E-state index < -0.39 is 5.97 Å². The van der Waals surface area contributed by atoms with E-state index in [1.54, 1.807) is 42.5 Å². The number of carbonyl (C=O) groups excluding carboxylic acids is 2. The van der Waals surface area contributed by atoms with E-state index in [-0.39, 0.29) is 17.1 Å². The molecule has 2 rings (SSSR count). The van der Waals surface area contributed by atoms with E-state index in [2.05, 4.69) is 0 Å². The Morgan fingerprint density at radius 3 is 2.15 bits per heavy atom. The normalized spacial score (nSPS) is 9.90. The van der Waals surface area contributed by atoms with Crippen molar-refractivity contribution >= 4 is 11.8 Å². The average Bonchev–Trinajstić information content (AvgIpc) is 2.47. The number of ether oxygens (including phenoxy) is 2. The van der Waals surface area contributed by atoms with Crippen LogP contribution in [-0.2, 0) is 0 Å². The lowest BCUT2D eigenvalue weighted by Crippen LogP contribution is -2.11. The van der Waals surface area contributed by atoms with Gasteiger partial charge in [-0.25, -0.2) is 4.79 Å². The molecule has 0 unspecified atom stereocenters. The largest absolute Gasteiger partial charge is 0.496 e. The van der Waals surface area contributed by atoms with Gasteiger partial charge in [-0.15, -0.1) is 0 Å². The third kappa shape index (κ3) is 2.85. The molecule has 0 aromatic heterocycles. The number of ketones is 1. The van der Waals surface area contributed by atoms with Gasteiger partial charge >= 0.3 is 5.97 Å². The fourth-order valence-corrected chi connectivity index (χ4v) is 1.85. The zero-order chi connectivity index (χ0) is 14.5. The quantitative estimate of drug-likeness (QED) is 0.486. The number of benzene rings is 2. The molecule has 0 aliphatic rings. The van der Waals surface area contributed by atoms with E-state index in [0.29, 0.717) is 11.3 Å². The SMILES string of the molecule is COc1cccc(OC(=O)c2ccccc2)c1C(C)=O. The summed E-state index contributed by atoms with van der Waals surface area (Å²) in [6.07, 6.45) is 0. The Hall–Kier alpha value is -2.62. The Morgan fingerprint density at radius 1 is 0.900 bits per heavy atom. The molecule has 0 heterocycles. The average molecular weight is 270 g/mol. The van der Waals surface area contributed by atoms with Gasteiger partial charge in [0.2, 0.25) is 0 Å². The van der Waals surface area contributed by atoms with Gasteiger partial charge in [0.05, 0.1) is 12.7 Å². The van der Waals surface area contributed by atoms with Crippen LogP contribution in [0.2, 0.25) is 0 Å². The molecule has 0 aliphatic heterocycles. The van der Waals surface area contributed by atoms with Crippen LogP contribution in [0, 0.1) is 0 Å². The number of methoxy groups -OCH3 is 1. The number of rotatable bonds is 4. The topological polar surface area (TPSA) is 52.6 Å². The highest BCUT2D eigenvalue weighted by atomic mass is 16.5. The first-order valence-electron chi connectivity index (χ1n) is 6.08. The van der Waals surface area contributed by atoms with Gasteiger partial charge in [-0.05, 0) is 31.2 Å². The van der Waals surface area contributed by atoms with Crippen molar-refractivity contribution in [1.82, 2.24) is 0 Å². The van der Waals surface area contributed by atoms with Crippen LogP contribution in [0.25, 0.3) is 0 Å². The lowest BCUT2D eigenvalue weighted by Gasteiger charge is -2.11. The van der Waals surface area contributed by atoms with Gasteiger partial charge in [0.25, 0.3) is 0 Å². The molecule has 0 N–H and O–H groups in total. The molecule has 0 atom stereocenters. The second-order valence-electron chi connectivity index (χ2n) is 4.15. The summed E-state index contributed by atoms with van der Waals surface area (Å²) in [5.74, 6) is -0.152. The first kappa shape index (κ1) is 13.8. The Labute approximate surface area is 116 Å². The standard InChI is InChI=1S/C16H14O4/c1-11(17)15-13(19-2)9-6-10-14(15)20-16(18)12-7-4-3-5-8-12/h3-10H,1-2H3. The molecule has 0 aliphatic carbocycles. The summed E-state index contributed by atoms with van der Waals surface area (Å²) in [6.45, 7) is 1.40. The van der Waals surface area contributed by atoms with Gasteiger partial charge < -0.3 is 9.47 Å². The van der Waals surface area contributed by atoms with Crippen LogP contribution in [0.4, 0.5) is 0 Å². The lowest BCUT2D eigenvalue weighted by atomic mass is 10.1. The number of carbonyl (C=O) groups is 2. The zero-order valence-corrected chi connectivity index (χ0v) is 11.3. The molecule has 0 amide bonds. The number of esters is 1. The second-order valence-corrected chi connectivity index (χ2v) is 4.15. The van der Waals surface area contributed by atoms with Crippen LogP contribution >= 0.6 is 0 Å². The molecule has 0 saturated heterocycles. The van der Waals surface area contributed by atoms with E-state index in [4.69, 9.17) is 9.47 Å². The van der Waals surface area contributed by atoms with Gasteiger partial charge in [0.1, 0.15) is 17.1 Å². The first-order chi connectivity index (χ1) is 9.63. The predicted octanol–water partition coefficient (Wildman–Crippen LogP) is 3.12. The van der Waals surface area contributed by atoms with Gasteiger partial charge in [-0.3, -0.25) is 4.79 Å². The van der Waals surface area contributed by atoms with E-state index in [1.165, 1.54) is 14.0 Å².